The Morgan fingerprint density at radius 3 is 3.20 bits per heavy atom. The van der Waals surface area contributed by atoms with Crippen LogP contribution in [0.25, 0.3) is 23.0 Å². The first-order chi connectivity index (χ1) is 9.92. The number of fused-ring (bicyclic) bond motifs is 1. The van der Waals surface area contributed by atoms with Crippen LogP contribution in [0.2, 0.25) is 0 Å². The maximum absolute atomic E-state index is 5.42. The van der Waals surface area contributed by atoms with Crippen LogP contribution in [-0.2, 0) is 6.42 Å². The first-order valence-corrected chi connectivity index (χ1v) is 7.44. The van der Waals surface area contributed by atoms with E-state index in [4.69, 9.17) is 4.52 Å². The fourth-order valence-electron chi connectivity index (χ4n) is 2.47. The minimum absolute atomic E-state index is 0.544. The van der Waals surface area contributed by atoms with Crippen LogP contribution in [0.1, 0.15) is 12.0 Å². The molecule has 100 valence electrons. The van der Waals surface area contributed by atoms with Gasteiger partial charge in [-0.1, -0.05) is 11.2 Å². The number of aromatic nitrogens is 3. The third-order valence-corrected chi connectivity index (χ3v) is 4.00. The van der Waals surface area contributed by atoms with Gasteiger partial charge in [-0.15, -0.1) is 11.3 Å². The van der Waals surface area contributed by atoms with Crippen molar-refractivity contribution in [3.8, 4) is 23.0 Å². The number of rotatable bonds is 2. The highest BCUT2D eigenvalue weighted by molar-refractivity contribution is 7.07. The summed E-state index contributed by atoms with van der Waals surface area (Å²) in [6, 6.07) is 6.14. The summed E-state index contributed by atoms with van der Waals surface area (Å²) in [6.45, 7) is 1.02. The highest BCUT2D eigenvalue weighted by Gasteiger charge is 2.18. The molecule has 0 amide bonds. The van der Waals surface area contributed by atoms with Gasteiger partial charge in [0.05, 0.1) is 5.51 Å². The summed E-state index contributed by atoms with van der Waals surface area (Å²) >= 11 is 1.52. The molecule has 0 saturated heterocycles. The number of hydrogen-bond acceptors (Lipinski definition) is 6. The summed E-state index contributed by atoms with van der Waals surface area (Å²) in [5, 5.41) is 9.34. The fraction of sp³-hybridized carbons (Fsp3) is 0.214. The SMILES string of the molecule is c1cc2c(c(-c3nc(-c4cscn4)no3)c1)CCCN2. The molecule has 0 saturated carbocycles. The summed E-state index contributed by atoms with van der Waals surface area (Å²) in [4.78, 5) is 8.67. The Kier molecular flexibility index (Phi) is 2.74. The van der Waals surface area contributed by atoms with E-state index in [-0.39, 0.29) is 0 Å². The first-order valence-electron chi connectivity index (χ1n) is 6.50. The fourth-order valence-corrected chi connectivity index (χ4v) is 3.00. The standard InChI is InChI=1S/C14H12N4OS/c1-3-10(9-4-2-6-15-11(9)5-1)14-17-13(18-19-14)12-7-20-8-16-12/h1,3,5,7-8,15H,2,4,6H2. The average Bonchev–Trinajstić information content (AvgIpc) is 3.17. The molecule has 0 radical (unpaired) electrons. The normalized spacial score (nSPS) is 13.8. The van der Waals surface area contributed by atoms with E-state index in [0.29, 0.717) is 11.7 Å². The Labute approximate surface area is 119 Å². The molecule has 1 N–H and O–H groups in total. The van der Waals surface area contributed by atoms with Gasteiger partial charge in [0.25, 0.3) is 5.89 Å². The van der Waals surface area contributed by atoms with E-state index >= 15 is 0 Å². The van der Waals surface area contributed by atoms with Crippen LogP contribution in [-0.4, -0.2) is 21.7 Å². The lowest BCUT2D eigenvalue weighted by molar-refractivity contribution is 0.431. The zero-order valence-corrected chi connectivity index (χ0v) is 11.5. The first kappa shape index (κ1) is 11.6. The van der Waals surface area contributed by atoms with Gasteiger partial charge in [0.1, 0.15) is 5.69 Å². The van der Waals surface area contributed by atoms with Gasteiger partial charge in [-0.3, -0.25) is 0 Å². The van der Waals surface area contributed by atoms with Crippen molar-refractivity contribution < 1.29 is 4.52 Å². The molecule has 5 nitrogen and oxygen atoms in total. The van der Waals surface area contributed by atoms with Crippen molar-refractivity contribution in [3.05, 3.63) is 34.7 Å². The second-order valence-corrected chi connectivity index (χ2v) is 5.38. The Hall–Kier alpha value is -2.21. The lowest BCUT2D eigenvalue weighted by Gasteiger charge is -2.19. The Balaban J connectivity index is 1.78. The van der Waals surface area contributed by atoms with Crippen molar-refractivity contribution in [2.75, 3.05) is 11.9 Å². The second kappa shape index (κ2) is 4.72. The van der Waals surface area contributed by atoms with Gasteiger partial charge in [0, 0.05) is 23.2 Å². The maximum Gasteiger partial charge on any atom is 0.258 e. The number of anilines is 1. The van der Waals surface area contributed by atoms with Crippen LogP contribution < -0.4 is 5.32 Å². The molecule has 1 aliphatic heterocycles. The topological polar surface area (TPSA) is 63.8 Å². The van der Waals surface area contributed by atoms with Crippen molar-refractivity contribution in [1.29, 1.82) is 0 Å². The van der Waals surface area contributed by atoms with Gasteiger partial charge in [0.2, 0.25) is 5.82 Å². The van der Waals surface area contributed by atoms with Crippen molar-refractivity contribution in [1.82, 2.24) is 15.1 Å². The second-order valence-electron chi connectivity index (χ2n) is 4.66. The molecule has 1 aromatic carbocycles. The van der Waals surface area contributed by atoms with E-state index < -0.39 is 0 Å². The Bertz CT molecular complexity index is 735. The smallest absolute Gasteiger partial charge is 0.258 e. The average molecular weight is 284 g/mol. The van der Waals surface area contributed by atoms with Gasteiger partial charge < -0.3 is 9.84 Å². The third-order valence-electron chi connectivity index (χ3n) is 3.41. The molecule has 3 aromatic rings. The predicted molar refractivity (Wildman–Crippen MR) is 77.7 cm³/mol. The molecule has 0 spiro atoms. The number of thiazole rings is 1. The molecular formula is C14H12N4OS. The highest BCUT2D eigenvalue weighted by Crippen LogP contribution is 2.32. The predicted octanol–water partition coefficient (Wildman–Crippen LogP) is 3.22. The largest absolute Gasteiger partial charge is 0.385 e. The summed E-state index contributed by atoms with van der Waals surface area (Å²) in [5.41, 5.74) is 5.96. The van der Waals surface area contributed by atoms with Crippen LogP contribution in [0.4, 0.5) is 5.69 Å². The molecule has 1 aliphatic rings. The maximum atomic E-state index is 5.42. The summed E-state index contributed by atoms with van der Waals surface area (Å²) in [6.07, 6.45) is 2.16. The van der Waals surface area contributed by atoms with E-state index in [9.17, 15) is 0 Å². The number of hydrogen-bond donors (Lipinski definition) is 1. The zero-order valence-electron chi connectivity index (χ0n) is 10.7. The molecule has 6 heteroatoms. The molecule has 2 aromatic heterocycles. The van der Waals surface area contributed by atoms with Crippen LogP contribution in [0, 0.1) is 0 Å². The highest BCUT2D eigenvalue weighted by atomic mass is 32.1. The number of nitrogens with one attached hydrogen (secondary N) is 1. The quantitative estimate of drug-likeness (QED) is 0.782. The van der Waals surface area contributed by atoms with E-state index in [1.165, 1.54) is 22.6 Å². The van der Waals surface area contributed by atoms with Gasteiger partial charge >= 0.3 is 0 Å². The zero-order chi connectivity index (χ0) is 13.4. The van der Waals surface area contributed by atoms with Crippen LogP contribution in [0.15, 0.2) is 33.6 Å². The Morgan fingerprint density at radius 2 is 2.30 bits per heavy atom. The molecule has 0 fully saturated rings. The van der Waals surface area contributed by atoms with Gasteiger partial charge in [-0.25, -0.2) is 4.98 Å². The van der Waals surface area contributed by atoms with Crippen molar-refractivity contribution in [2.45, 2.75) is 12.8 Å². The summed E-state index contributed by atoms with van der Waals surface area (Å²) in [5.74, 6) is 1.11. The molecular weight excluding hydrogens is 272 g/mol. The van der Waals surface area contributed by atoms with E-state index in [2.05, 4.69) is 26.5 Å². The van der Waals surface area contributed by atoms with Gasteiger partial charge in [-0.2, -0.15) is 4.98 Å². The lowest BCUT2D eigenvalue weighted by Crippen LogP contribution is -2.12. The minimum Gasteiger partial charge on any atom is -0.385 e. The van der Waals surface area contributed by atoms with E-state index in [0.717, 1.165) is 30.6 Å². The Morgan fingerprint density at radius 1 is 1.30 bits per heavy atom. The van der Waals surface area contributed by atoms with Gasteiger partial charge in [-0.05, 0) is 30.5 Å². The molecule has 0 unspecified atom stereocenters. The van der Waals surface area contributed by atoms with Crippen molar-refractivity contribution in [2.24, 2.45) is 0 Å². The van der Waals surface area contributed by atoms with Crippen LogP contribution in [0.5, 0.6) is 0 Å². The number of benzene rings is 1. The van der Waals surface area contributed by atoms with E-state index in [1.54, 1.807) is 5.51 Å². The molecule has 0 aliphatic carbocycles. The molecule has 3 heterocycles. The summed E-state index contributed by atoms with van der Waals surface area (Å²) < 4.78 is 5.42. The van der Waals surface area contributed by atoms with Crippen LogP contribution >= 0.6 is 11.3 Å². The molecule has 0 atom stereocenters. The summed E-state index contributed by atoms with van der Waals surface area (Å²) in [7, 11) is 0. The minimum atomic E-state index is 0.544. The van der Waals surface area contributed by atoms with Crippen LogP contribution in [0.3, 0.4) is 0 Å². The molecule has 0 bridgehead atoms. The monoisotopic (exact) mass is 284 g/mol. The third kappa shape index (κ3) is 1.89. The number of nitrogens with zero attached hydrogens (tertiary/aromatic N) is 3. The van der Waals surface area contributed by atoms with E-state index in [1.807, 2.05) is 17.5 Å². The molecule has 4 rings (SSSR count). The van der Waals surface area contributed by atoms with Gasteiger partial charge in [0.15, 0.2) is 0 Å². The van der Waals surface area contributed by atoms with Crippen molar-refractivity contribution in [3.63, 3.8) is 0 Å². The molecule has 20 heavy (non-hydrogen) atoms. The lowest BCUT2D eigenvalue weighted by atomic mass is 9.97. The van der Waals surface area contributed by atoms with Crippen molar-refractivity contribution >= 4 is 17.0 Å².